The van der Waals surface area contributed by atoms with Gasteiger partial charge in [-0.25, -0.2) is 8.78 Å². The first-order valence-electron chi connectivity index (χ1n) is 6.00. The minimum Gasteiger partial charge on any atom is -0.288 e. The van der Waals surface area contributed by atoms with E-state index in [1.807, 2.05) is 6.07 Å². The number of rotatable bonds is 2. The zero-order valence-electron chi connectivity index (χ0n) is 10.3. The van der Waals surface area contributed by atoms with Gasteiger partial charge >= 0.3 is 0 Å². The van der Waals surface area contributed by atoms with Crippen molar-refractivity contribution < 1.29 is 13.6 Å². The van der Waals surface area contributed by atoms with Crippen LogP contribution in [0.4, 0.5) is 8.78 Å². The van der Waals surface area contributed by atoms with Crippen molar-refractivity contribution in [1.29, 1.82) is 0 Å². The fourth-order valence-electron chi connectivity index (χ4n) is 2.12. The number of ketones is 1. The monoisotopic (exact) mass is 269 g/mol. The smallest absolute Gasteiger partial charge is 0.198 e. The van der Waals surface area contributed by atoms with Crippen LogP contribution in [-0.2, 0) is 0 Å². The molecule has 2 nitrogen and oxygen atoms in total. The van der Waals surface area contributed by atoms with Crippen LogP contribution in [0.3, 0.4) is 0 Å². The fourth-order valence-corrected chi connectivity index (χ4v) is 2.12. The lowest BCUT2D eigenvalue weighted by molar-refractivity contribution is 0.103. The number of halogens is 2. The summed E-state index contributed by atoms with van der Waals surface area (Å²) < 4.78 is 26.9. The first-order valence-corrected chi connectivity index (χ1v) is 6.00. The van der Waals surface area contributed by atoms with E-state index < -0.39 is 17.4 Å². The third-order valence-corrected chi connectivity index (χ3v) is 3.11. The van der Waals surface area contributed by atoms with Gasteiger partial charge in [-0.15, -0.1) is 0 Å². The maximum Gasteiger partial charge on any atom is 0.198 e. The molecule has 0 N–H and O–H groups in total. The highest BCUT2D eigenvalue weighted by molar-refractivity contribution is 6.16. The van der Waals surface area contributed by atoms with Gasteiger partial charge in [0.1, 0.15) is 0 Å². The summed E-state index contributed by atoms with van der Waals surface area (Å²) in [5.41, 5.74) is -0.0317. The number of nitrogens with zero attached hydrogens (tertiary/aromatic N) is 1. The van der Waals surface area contributed by atoms with E-state index in [1.165, 1.54) is 18.3 Å². The molecule has 0 saturated heterocycles. The summed E-state index contributed by atoms with van der Waals surface area (Å²) in [7, 11) is 0. The molecule has 20 heavy (non-hydrogen) atoms. The molecule has 0 amide bonds. The van der Waals surface area contributed by atoms with Gasteiger partial charge in [0.15, 0.2) is 17.4 Å². The zero-order chi connectivity index (χ0) is 14.1. The minimum absolute atomic E-state index is 0.257. The van der Waals surface area contributed by atoms with Gasteiger partial charge in [-0.2, -0.15) is 0 Å². The van der Waals surface area contributed by atoms with Crippen LogP contribution in [0.2, 0.25) is 0 Å². The molecule has 0 fully saturated rings. The van der Waals surface area contributed by atoms with E-state index in [1.54, 1.807) is 24.4 Å². The van der Waals surface area contributed by atoms with Crippen molar-refractivity contribution in [3.05, 3.63) is 77.6 Å². The van der Waals surface area contributed by atoms with Crippen molar-refractivity contribution in [2.24, 2.45) is 0 Å². The summed E-state index contributed by atoms with van der Waals surface area (Å²) in [6.45, 7) is 0. The Morgan fingerprint density at radius 2 is 1.70 bits per heavy atom. The number of fused-ring (bicyclic) bond motifs is 1. The van der Waals surface area contributed by atoms with Gasteiger partial charge in [0, 0.05) is 23.3 Å². The highest BCUT2D eigenvalue weighted by Crippen LogP contribution is 2.22. The molecule has 0 radical (unpaired) electrons. The Kier molecular flexibility index (Phi) is 2.99. The Hall–Kier alpha value is -2.62. The Balaban J connectivity index is 2.21. The first kappa shape index (κ1) is 12.4. The molecule has 4 heteroatoms. The number of hydrogen-bond acceptors (Lipinski definition) is 2. The summed E-state index contributed by atoms with van der Waals surface area (Å²) in [6, 6.07) is 10.7. The Labute approximate surface area is 113 Å². The molecule has 0 aliphatic rings. The molecular formula is C16H9F2NO. The van der Waals surface area contributed by atoms with Crippen LogP contribution >= 0.6 is 0 Å². The van der Waals surface area contributed by atoms with Crippen LogP contribution in [0.1, 0.15) is 15.9 Å². The van der Waals surface area contributed by atoms with Crippen molar-refractivity contribution in [3.8, 4) is 0 Å². The molecule has 0 aliphatic heterocycles. The number of carbonyl (C=O) groups is 1. The minimum atomic E-state index is -1.13. The van der Waals surface area contributed by atoms with Crippen molar-refractivity contribution >= 4 is 16.6 Å². The summed E-state index contributed by atoms with van der Waals surface area (Å²) in [4.78, 5) is 16.4. The molecule has 1 aromatic heterocycles. The molecular weight excluding hydrogens is 260 g/mol. The largest absolute Gasteiger partial charge is 0.288 e. The number of pyridine rings is 1. The van der Waals surface area contributed by atoms with Gasteiger partial charge in [-0.3, -0.25) is 9.78 Å². The number of hydrogen-bond donors (Lipinski definition) is 0. The van der Waals surface area contributed by atoms with E-state index in [9.17, 15) is 13.6 Å². The lowest BCUT2D eigenvalue weighted by Gasteiger charge is -2.06. The zero-order valence-corrected chi connectivity index (χ0v) is 10.3. The summed E-state index contributed by atoms with van der Waals surface area (Å²) in [5.74, 6) is -2.75. The highest BCUT2D eigenvalue weighted by atomic mass is 19.2. The topological polar surface area (TPSA) is 30.0 Å². The molecule has 0 bridgehead atoms. The predicted molar refractivity (Wildman–Crippen MR) is 71.5 cm³/mol. The molecule has 98 valence electrons. The third-order valence-electron chi connectivity index (χ3n) is 3.11. The SMILES string of the molecule is O=C(c1cccc(F)c1F)c1cncc2ccccc12. The molecule has 0 aliphatic carbocycles. The van der Waals surface area contributed by atoms with Crippen molar-refractivity contribution in [2.45, 2.75) is 0 Å². The van der Waals surface area contributed by atoms with E-state index >= 15 is 0 Å². The number of benzene rings is 2. The standard InChI is InChI=1S/C16H9F2NO/c17-14-7-3-6-12(15(14)18)16(20)13-9-19-8-10-4-1-2-5-11(10)13/h1-9H. The Morgan fingerprint density at radius 3 is 2.55 bits per heavy atom. The number of carbonyl (C=O) groups excluding carboxylic acids is 1. The second kappa shape index (κ2) is 4.81. The van der Waals surface area contributed by atoms with Gasteiger partial charge in [0.05, 0.1) is 5.56 Å². The average molecular weight is 269 g/mol. The van der Waals surface area contributed by atoms with E-state index in [-0.39, 0.29) is 11.1 Å². The average Bonchev–Trinajstić information content (AvgIpc) is 2.49. The lowest BCUT2D eigenvalue weighted by Crippen LogP contribution is -2.07. The van der Waals surface area contributed by atoms with Crippen molar-refractivity contribution in [2.75, 3.05) is 0 Å². The lowest BCUT2D eigenvalue weighted by atomic mass is 9.99. The molecule has 0 atom stereocenters. The first-order chi connectivity index (χ1) is 9.68. The van der Waals surface area contributed by atoms with Gasteiger partial charge in [-0.1, -0.05) is 30.3 Å². The second-order valence-corrected chi connectivity index (χ2v) is 4.34. The van der Waals surface area contributed by atoms with Gasteiger partial charge in [0.25, 0.3) is 0 Å². The van der Waals surface area contributed by atoms with Crippen LogP contribution in [0.15, 0.2) is 54.9 Å². The molecule has 0 saturated carbocycles. The maximum absolute atomic E-state index is 13.7. The highest BCUT2D eigenvalue weighted by Gasteiger charge is 2.18. The quantitative estimate of drug-likeness (QED) is 0.663. The Bertz CT molecular complexity index is 809. The van der Waals surface area contributed by atoms with Crippen LogP contribution in [0.5, 0.6) is 0 Å². The maximum atomic E-state index is 13.7. The van der Waals surface area contributed by atoms with E-state index in [0.29, 0.717) is 5.39 Å². The molecule has 1 heterocycles. The summed E-state index contributed by atoms with van der Waals surface area (Å²) in [6.07, 6.45) is 2.99. The van der Waals surface area contributed by atoms with E-state index in [2.05, 4.69) is 4.98 Å². The van der Waals surface area contributed by atoms with E-state index in [4.69, 9.17) is 0 Å². The molecule has 0 unspecified atom stereocenters. The van der Waals surface area contributed by atoms with Crippen molar-refractivity contribution in [3.63, 3.8) is 0 Å². The third kappa shape index (κ3) is 1.95. The van der Waals surface area contributed by atoms with E-state index in [0.717, 1.165) is 11.5 Å². The van der Waals surface area contributed by atoms with Gasteiger partial charge < -0.3 is 0 Å². The summed E-state index contributed by atoms with van der Waals surface area (Å²) in [5, 5.41) is 1.44. The molecule has 2 aromatic carbocycles. The molecule has 3 rings (SSSR count). The van der Waals surface area contributed by atoms with Crippen molar-refractivity contribution in [1.82, 2.24) is 4.98 Å². The molecule has 0 spiro atoms. The Morgan fingerprint density at radius 1 is 0.900 bits per heavy atom. The second-order valence-electron chi connectivity index (χ2n) is 4.34. The fraction of sp³-hybridized carbons (Fsp3) is 0. The normalized spacial score (nSPS) is 10.7. The van der Waals surface area contributed by atoms with Crippen LogP contribution < -0.4 is 0 Å². The van der Waals surface area contributed by atoms with Crippen LogP contribution in [0, 0.1) is 11.6 Å². The van der Waals surface area contributed by atoms with Gasteiger partial charge in [0.2, 0.25) is 0 Å². The number of aromatic nitrogens is 1. The summed E-state index contributed by atoms with van der Waals surface area (Å²) >= 11 is 0. The predicted octanol–water partition coefficient (Wildman–Crippen LogP) is 3.74. The molecule has 3 aromatic rings. The van der Waals surface area contributed by atoms with Crippen LogP contribution in [0.25, 0.3) is 10.8 Å². The van der Waals surface area contributed by atoms with Crippen LogP contribution in [-0.4, -0.2) is 10.8 Å². The van der Waals surface area contributed by atoms with Gasteiger partial charge in [-0.05, 0) is 17.5 Å².